The summed E-state index contributed by atoms with van der Waals surface area (Å²) in [6, 6.07) is 7.61. The zero-order chi connectivity index (χ0) is 12.0. The van der Waals surface area contributed by atoms with E-state index in [1.54, 1.807) is 0 Å². The number of hydrogen-bond acceptors (Lipinski definition) is 3. The van der Waals surface area contributed by atoms with Gasteiger partial charge in [0, 0.05) is 0 Å². The van der Waals surface area contributed by atoms with E-state index in [0.29, 0.717) is 0 Å². The molecule has 0 saturated carbocycles. The predicted molar refractivity (Wildman–Crippen MR) is 57.9 cm³/mol. The van der Waals surface area contributed by atoms with Gasteiger partial charge in [-0.25, -0.2) is 0 Å². The molecule has 0 bridgehead atoms. The zero-order valence-corrected chi connectivity index (χ0v) is 9.10. The molecule has 0 aliphatic carbocycles. The number of rotatable bonds is 5. The van der Waals surface area contributed by atoms with Crippen molar-refractivity contribution >= 4 is 11.9 Å². The third-order valence-corrected chi connectivity index (χ3v) is 2.18. The van der Waals surface area contributed by atoms with Crippen LogP contribution in [0.15, 0.2) is 24.3 Å². The molecule has 0 unspecified atom stereocenters. The molecule has 0 atom stereocenters. The number of aryl methyl sites for hydroxylation is 1. The smallest absolute Gasteiger partial charge is 0.317 e. The Morgan fingerprint density at radius 2 is 1.88 bits per heavy atom. The Bertz CT molecular complexity index is 384. The van der Waals surface area contributed by atoms with Crippen LogP contribution >= 0.6 is 0 Å². The number of benzene rings is 1. The summed E-state index contributed by atoms with van der Waals surface area (Å²) < 4.78 is 4.86. The van der Waals surface area contributed by atoms with Crippen LogP contribution in [0.4, 0.5) is 0 Å². The summed E-state index contributed by atoms with van der Waals surface area (Å²) in [5, 5.41) is 8.38. The van der Waals surface area contributed by atoms with Crippen LogP contribution in [0.1, 0.15) is 24.5 Å². The van der Waals surface area contributed by atoms with Crippen LogP contribution < -0.4 is 0 Å². The van der Waals surface area contributed by atoms with Crippen molar-refractivity contribution in [2.45, 2.75) is 26.4 Å². The Morgan fingerprint density at radius 1 is 1.25 bits per heavy atom. The minimum atomic E-state index is -1.17. The summed E-state index contributed by atoms with van der Waals surface area (Å²) in [5.74, 6) is -1.88. The van der Waals surface area contributed by atoms with E-state index in [0.717, 1.165) is 17.5 Å². The molecular formula is C12H14O4. The number of carbonyl (C=O) groups excluding carboxylic acids is 1. The molecule has 0 amide bonds. The molecule has 1 aromatic rings. The monoisotopic (exact) mass is 222 g/mol. The van der Waals surface area contributed by atoms with E-state index in [1.807, 2.05) is 31.2 Å². The lowest BCUT2D eigenvalue weighted by Crippen LogP contribution is -2.10. The molecule has 4 heteroatoms. The first-order valence-corrected chi connectivity index (χ1v) is 5.07. The lowest BCUT2D eigenvalue weighted by atomic mass is 10.1. The molecular weight excluding hydrogens is 208 g/mol. The van der Waals surface area contributed by atoms with Gasteiger partial charge in [0.05, 0.1) is 0 Å². The fraction of sp³-hybridized carbons (Fsp3) is 0.333. The number of carboxylic acids is 1. The summed E-state index contributed by atoms with van der Waals surface area (Å²) in [7, 11) is 0. The largest absolute Gasteiger partial charge is 0.481 e. The van der Waals surface area contributed by atoms with Gasteiger partial charge in [-0.3, -0.25) is 9.59 Å². The van der Waals surface area contributed by atoms with Crippen molar-refractivity contribution in [2.75, 3.05) is 0 Å². The van der Waals surface area contributed by atoms with Crippen molar-refractivity contribution in [3.63, 3.8) is 0 Å². The standard InChI is InChI=1S/C12H14O4/c1-2-9-5-3-4-6-10(9)8-16-12(15)7-11(13)14/h3-6H,2,7-8H2,1H3,(H,13,14). The van der Waals surface area contributed by atoms with Gasteiger partial charge in [-0.15, -0.1) is 0 Å². The highest BCUT2D eigenvalue weighted by Crippen LogP contribution is 2.10. The summed E-state index contributed by atoms with van der Waals surface area (Å²) >= 11 is 0. The molecule has 1 aromatic carbocycles. The average molecular weight is 222 g/mol. The highest BCUT2D eigenvalue weighted by Gasteiger charge is 2.09. The fourth-order valence-electron chi connectivity index (χ4n) is 1.38. The topological polar surface area (TPSA) is 63.6 Å². The summed E-state index contributed by atoms with van der Waals surface area (Å²) in [6.07, 6.45) is 0.265. The Balaban J connectivity index is 2.54. The van der Waals surface area contributed by atoms with Gasteiger partial charge in [0.25, 0.3) is 0 Å². The molecule has 0 heterocycles. The van der Waals surface area contributed by atoms with Gasteiger partial charge in [0.15, 0.2) is 0 Å². The lowest BCUT2D eigenvalue weighted by molar-refractivity contribution is -0.152. The van der Waals surface area contributed by atoms with Crippen molar-refractivity contribution in [1.82, 2.24) is 0 Å². The van der Waals surface area contributed by atoms with Gasteiger partial charge < -0.3 is 9.84 Å². The minimum Gasteiger partial charge on any atom is -0.481 e. The molecule has 0 fully saturated rings. The van der Waals surface area contributed by atoms with Crippen molar-refractivity contribution in [2.24, 2.45) is 0 Å². The second-order valence-corrected chi connectivity index (χ2v) is 3.35. The first-order chi connectivity index (χ1) is 7.63. The minimum absolute atomic E-state index is 0.135. The molecule has 0 saturated heterocycles. The summed E-state index contributed by atoms with van der Waals surface area (Å²) in [5.41, 5.74) is 2.02. The first kappa shape index (κ1) is 12.2. The predicted octanol–water partition coefficient (Wildman–Crippen LogP) is 1.77. The summed E-state index contributed by atoms with van der Waals surface area (Å²) in [4.78, 5) is 21.3. The van der Waals surface area contributed by atoms with Gasteiger partial charge in [-0.05, 0) is 17.5 Å². The molecule has 0 spiro atoms. The van der Waals surface area contributed by atoms with E-state index in [2.05, 4.69) is 0 Å². The fourth-order valence-corrected chi connectivity index (χ4v) is 1.38. The Kier molecular flexibility index (Phi) is 4.51. The van der Waals surface area contributed by atoms with Crippen LogP contribution in [0.2, 0.25) is 0 Å². The van der Waals surface area contributed by atoms with Gasteiger partial charge in [0.1, 0.15) is 13.0 Å². The van der Waals surface area contributed by atoms with Crippen LogP contribution in [0.3, 0.4) is 0 Å². The van der Waals surface area contributed by atoms with Crippen LogP contribution in [0.25, 0.3) is 0 Å². The SMILES string of the molecule is CCc1ccccc1COC(=O)CC(=O)O. The number of aliphatic carboxylic acids is 1. The Hall–Kier alpha value is -1.84. The Labute approximate surface area is 93.9 Å². The van der Waals surface area contributed by atoms with Crippen molar-refractivity contribution < 1.29 is 19.4 Å². The Morgan fingerprint density at radius 3 is 2.44 bits per heavy atom. The first-order valence-electron chi connectivity index (χ1n) is 5.07. The molecule has 0 aliphatic rings. The van der Waals surface area contributed by atoms with E-state index in [9.17, 15) is 9.59 Å². The molecule has 4 nitrogen and oxygen atoms in total. The van der Waals surface area contributed by atoms with Gasteiger partial charge in [-0.2, -0.15) is 0 Å². The van der Waals surface area contributed by atoms with Crippen LogP contribution in [-0.2, 0) is 27.4 Å². The van der Waals surface area contributed by atoms with Crippen LogP contribution in [0, 0.1) is 0 Å². The third kappa shape index (κ3) is 3.73. The van der Waals surface area contributed by atoms with Crippen molar-refractivity contribution in [3.8, 4) is 0 Å². The van der Waals surface area contributed by atoms with Crippen molar-refractivity contribution in [3.05, 3.63) is 35.4 Å². The van der Waals surface area contributed by atoms with Crippen LogP contribution in [-0.4, -0.2) is 17.0 Å². The number of carbonyl (C=O) groups is 2. The van der Waals surface area contributed by atoms with E-state index in [1.165, 1.54) is 0 Å². The van der Waals surface area contributed by atoms with Gasteiger partial charge >= 0.3 is 11.9 Å². The maximum Gasteiger partial charge on any atom is 0.317 e. The average Bonchev–Trinajstić information content (AvgIpc) is 2.26. The molecule has 1 rings (SSSR count). The van der Waals surface area contributed by atoms with Crippen molar-refractivity contribution in [1.29, 1.82) is 0 Å². The number of carboxylic acid groups (broad SMARTS) is 1. The quantitative estimate of drug-likeness (QED) is 0.609. The van der Waals surface area contributed by atoms with E-state index >= 15 is 0 Å². The number of ether oxygens (including phenoxy) is 1. The van der Waals surface area contributed by atoms with Gasteiger partial charge in [0.2, 0.25) is 0 Å². The number of esters is 1. The number of hydrogen-bond donors (Lipinski definition) is 1. The maximum absolute atomic E-state index is 11.0. The highest BCUT2D eigenvalue weighted by molar-refractivity contribution is 5.90. The zero-order valence-electron chi connectivity index (χ0n) is 9.10. The molecule has 0 aliphatic heterocycles. The lowest BCUT2D eigenvalue weighted by Gasteiger charge is -2.07. The summed E-state index contributed by atoms with van der Waals surface area (Å²) in [6.45, 7) is 2.15. The van der Waals surface area contributed by atoms with E-state index in [-0.39, 0.29) is 6.61 Å². The highest BCUT2D eigenvalue weighted by atomic mass is 16.5. The van der Waals surface area contributed by atoms with E-state index in [4.69, 9.17) is 9.84 Å². The molecule has 86 valence electrons. The third-order valence-electron chi connectivity index (χ3n) is 2.18. The second kappa shape index (κ2) is 5.90. The van der Waals surface area contributed by atoms with E-state index < -0.39 is 18.4 Å². The molecule has 1 N–H and O–H groups in total. The van der Waals surface area contributed by atoms with Crippen LogP contribution in [0.5, 0.6) is 0 Å². The molecule has 0 aromatic heterocycles. The normalized spacial score (nSPS) is 9.81. The maximum atomic E-state index is 11.0. The second-order valence-electron chi connectivity index (χ2n) is 3.35. The molecule has 0 radical (unpaired) electrons. The molecule has 16 heavy (non-hydrogen) atoms. The van der Waals surface area contributed by atoms with Gasteiger partial charge in [-0.1, -0.05) is 31.2 Å².